The zero-order chi connectivity index (χ0) is 24.5. The van der Waals surface area contributed by atoms with E-state index in [1.807, 2.05) is 49.3 Å². The molecule has 2 saturated heterocycles. The van der Waals surface area contributed by atoms with Crippen LogP contribution in [0.15, 0.2) is 42.5 Å². The predicted octanol–water partition coefficient (Wildman–Crippen LogP) is 3.56. The fraction of sp³-hybridized carbons (Fsp3) is 0.407. The minimum absolute atomic E-state index is 0.0300. The highest BCUT2D eigenvalue weighted by Gasteiger charge is 2.42. The molecule has 0 spiro atoms. The van der Waals surface area contributed by atoms with E-state index in [-0.39, 0.29) is 17.6 Å². The zero-order valence-electron chi connectivity index (χ0n) is 20.4. The number of halogens is 1. The highest BCUT2D eigenvalue weighted by molar-refractivity contribution is 5.96. The van der Waals surface area contributed by atoms with E-state index < -0.39 is 5.82 Å². The molecule has 8 heteroatoms. The van der Waals surface area contributed by atoms with E-state index in [9.17, 15) is 9.18 Å². The van der Waals surface area contributed by atoms with Crippen molar-refractivity contribution in [2.45, 2.75) is 6.42 Å². The average Bonchev–Trinajstić information content (AvgIpc) is 3.31. The number of likely N-dealkylation sites (tertiary alicyclic amines) is 1. The summed E-state index contributed by atoms with van der Waals surface area (Å²) < 4.78 is 25.7. The molecular weight excluding hydrogens is 447 g/mol. The fourth-order valence-corrected chi connectivity index (χ4v) is 5.16. The van der Waals surface area contributed by atoms with Gasteiger partial charge in [0.05, 0.1) is 24.2 Å². The minimum Gasteiger partial charge on any atom is -0.494 e. The van der Waals surface area contributed by atoms with E-state index in [2.05, 4.69) is 10.2 Å². The topological polar surface area (TPSA) is 66.9 Å². The van der Waals surface area contributed by atoms with Gasteiger partial charge in [-0.3, -0.25) is 4.79 Å². The van der Waals surface area contributed by atoms with Crippen LogP contribution in [0.1, 0.15) is 6.42 Å². The lowest BCUT2D eigenvalue weighted by Gasteiger charge is -2.30. The fourth-order valence-electron chi connectivity index (χ4n) is 5.16. The first-order chi connectivity index (χ1) is 17.0. The molecule has 3 heterocycles. The number of fused-ring (bicyclic) bond motifs is 2. The van der Waals surface area contributed by atoms with Crippen LogP contribution < -0.4 is 19.7 Å². The molecule has 1 N–H and O–H groups in total. The van der Waals surface area contributed by atoms with Crippen LogP contribution in [-0.2, 0) is 4.79 Å². The number of nitrogens with zero attached hydrogens (tertiary/aromatic N) is 3. The molecule has 1 amide bonds. The summed E-state index contributed by atoms with van der Waals surface area (Å²) in [6.07, 6.45) is 0.983. The summed E-state index contributed by atoms with van der Waals surface area (Å²) in [7, 11) is 5.21. The van der Waals surface area contributed by atoms with Crippen molar-refractivity contribution in [1.82, 2.24) is 15.2 Å². The Balaban J connectivity index is 1.54. The van der Waals surface area contributed by atoms with E-state index in [0.717, 1.165) is 54.1 Å². The Kier molecular flexibility index (Phi) is 6.47. The van der Waals surface area contributed by atoms with E-state index in [4.69, 9.17) is 14.5 Å². The molecule has 184 valence electrons. The van der Waals surface area contributed by atoms with Gasteiger partial charge < -0.3 is 24.6 Å². The van der Waals surface area contributed by atoms with Crippen molar-refractivity contribution >= 4 is 22.5 Å². The number of pyridine rings is 1. The van der Waals surface area contributed by atoms with E-state index in [1.165, 1.54) is 13.2 Å². The van der Waals surface area contributed by atoms with Gasteiger partial charge in [-0.1, -0.05) is 0 Å². The van der Waals surface area contributed by atoms with E-state index in [1.54, 1.807) is 6.07 Å². The third kappa shape index (κ3) is 4.50. The Morgan fingerprint density at radius 3 is 2.71 bits per heavy atom. The van der Waals surface area contributed by atoms with Gasteiger partial charge in [-0.2, -0.15) is 0 Å². The van der Waals surface area contributed by atoms with Crippen molar-refractivity contribution < 1.29 is 18.7 Å². The van der Waals surface area contributed by atoms with Crippen LogP contribution >= 0.6 is 0 Å². The van der Waals surface area contributed by atoms with Crippen LogP contribution in [0.4, 0.5) is 10.1 Å². The third-order valence-electron chi connectivity index (χ3n) is 7.14. The second-order valence-corrected chi connectivity index (χ2v) is 9.33. The van der Waals surface area contributed by atoms with Crippen LogP contribution in [0.25, 0.3) is 22.2 Å². The molecule has 0 aliphatic carbocycles. The van der Waals surface area contributed by atoms with Crippen LogP contribution in [-0.4, -0.2) is 69.8 Å². The molecule has 2 aliphatic heterocycles. The van der Waals surface area contributed by atoms with Crippen LogP contribution in [0, 0.1) is 17.7 Å². The van der Waals surface area contributed by atoms with Crippen molar-refractivity contribution in [2.75, 3.05) is 58.9 Å². The number of carbonyl (C=O) groups excluding carboxylic acids is 1. The van der Waals surface area contributed by atoms with Gasteiger partial charge in [0.15, 0.2) is 11.6 Å². The molecule has 1 aromatic heterocycles. The highest BCUT2D eigenvalue weighted by atomic mass is 19.1. The molecule has 2 unspecified atom stereocenters. The quantitative estimate of drug-likeness (QED) is 0.524. The lowest BCUT2D eigenvalue weighted by Crippen LogP contribution is -2.42. The van der Waals surface area contributed by atoms with Crippen LogP contribution in [0.5, 0.6) is 11.5 Å². The molecule has 2 aromatic carbocycles. The molecular formula is C27H31FN4O3. The first-order valence-corrected chi connectivity index (χ1v) is 12.0. The van der Waals surface area contributed by atoms with Gasteiger partial charge in [0.2, 0.25) is 5.91 Å². The van der Waals surface area contributed by atoms with Crippen molar-refractivity contribution in [3.8, 4) is 22.8 Å². The van der Waals surface area contributed by atoms with Gasteiger partial charge >= 0.3 is 0 Å². The lowest BCUT2D eigenvalue weighted by molar-refractivity contribution is -0.137. The number of rotatable bonds is 7. The molecule has 2 fully saturated rings. The summed E-state index contributed by atoms with van der Waals surface area (Å²) >= 11 is 0. The van der Waals surface area contributed by atoms with Crippen molar-refractivity contribution in [3.63, 3.8) is 0 Å². The second-order valence-electron chi connectivity index (χ2n) is 9.33. The maximum atomic E-state index is 14.7. The number of aromatic nitrogens is 1. The number of ether oxygens (including phenoxy) is 2. The molecule has 0 radical (unpaired) electrons. The Morgan fingerprint density at radius 2 is 1.97 bits per heavy atom. The summed E-state index contributed by atoms with van der Waals surface area (Å²) in [4.78, 5) is 21.7. The van der Waals surface area contributed by atoms with Crippen molar-refractivity contribution in [1.29, 1.82) is 0 Å². The third-order valence-corrected chi connectivity index (χ3v) is 7.14. The first kappa shape index (κ1) is 23.4. The molecule has 0 saturated carbocycles. The number of hydrogen-bond acceptors (Lipinski definition) is 6. The Bertz CT molecular complexity index is 1230. The maximum absolute atomic E-state index is 14.7. The Labute approximate surface area is 204 Å². The average molecular weight is 479 g/mol. The number of nitrogens with one attached hydrogen (secondary N) is 1. The zero-order valence-corrected chi connectivity index (χ0v) is 20.4. The summed E-state index contributed by atoms with van der Waals surface area (Å²) in [6.45, 7) is 3.54. The molecule has 3 aromatic rings. The number of benzene rings is 2. The van der Waals surface area contributed by atoms with Gasteiger partial charge in [0.25, 0.3) is 0 Å². The van der Waals surface area contributed by atoms with Gasteiger partial charge in [-0.15, -0.1) is 0 Å². The van der Waals surface area contributed by atoms with Gasteiger partial charge in [-0.25, -0.2) is 9.37 Å². The number of piperidine rings is 1. The summed E-state index contributed by atoms with van der Waals surface area (Å²) in [6, 6.07) is 13.0. The number of hydrogen-bond donors (Lipinski definition) is 1. The van der Waals surface area contributed by atoms with Crippen LogP contribution in [0.2, 0.25) is 0 Å². The number of amides is 1. The van der Waals surface area contributed by atoms with Gasteiger partial charge in [-0.05, 0) is 55.8 Å². The molecule has 0 bridgehead atoms. The molecule has 35 heavy (non-hydrogen) atoms. The summed E-state index contributed by atoms with van der Waals surface area (Å²) in [5, 5.41) is 3.78. The number of likely N-dealkylation sites (N-methyl/N-ethyl adjacent to an activating group) is 1. The Morgan fingerprint density at radius 1 is 1.17 bits per heavy atom. The van der Waals surface area contributed by atoms with Gasteiger partial charge in [0, 0.05) is 55.9 Å². The number of anilines is 1. The summed E-state index contributed by atoms with van der Waals surface area (Å²) in [5.74, 6) is 1.00. The monoisotopic (exact) mass is 478 g/mol. The molecule has 7 nitrogen and oxygen atoms in total. The van der Waals surface area contributed by atoms with Crippen molar-refractivity contribution in [3.05, 3.63) is 48.3 Å². The highest BCUT2D eigenvalue weighted by Crippen LogP contribution is 2.40. The van der Waals surface area contributed by atoms with Gasteiger partial charge in [0.1, 0.15) is 12.4 Å². The maximum Gasteiger partial charge on any atom is 0.227 e. The summed E-state index contributed by atoms with van der Waals surface area (Å²) in [5.41, 5.74) is 3.26. The van der Waals surface area contributed by atoms with Crippen molar-refractivity contribution in [2.24, 2.45) is 11.8 Å². The Hall–Kier alpha value is -3.39. The lowest BCUT2D eigenvalue weighted by atomic mass is 9.88. The SMILES string of the molecule is CNCCOc1ccc(-c2cc(N3CC4CCN(C)C(=O)C4C3)c3cc(F)c(OC)cc3n2)cc1. The minimum atomic E-state index is -0.425. The molecule has 2 aliphatic rings. The second kappa shape index (κ2) is 9.70. The van der Waals surface area contributed by atoms with Crippen LogP contribution in [0.3, 0.4) is 0 Å². The molecule has 5 rings (SSSR count). The number of carbonyl (C=O) groups is 1. The molecule has 2 atom stereocenters. The van der Waals surface area contributed by atoms with E-state index in [0.29, 0.717) is 24.6 Å². The standard InChI is InChI=1S/C27H31FN4O3/c1-29-9-11-35-19-6-4-17(5-7-19)23-13-25(20-12-22(28)26(34-3)14-24(20)30-23)32-15-18-8-10-31(2)27(33)21(18)16-32/h4-7,12-14,18,21,29H,8-11,15-16H2,1-3H3. The first-order valence-electron chi connectivity index (χ1n) is 12.0. The largest absolute Gasteiger partial charge is 0.494 e. The predicted molar refractivity (Wildman–Crippen MR) is 135 cm³/mol. The smallest absolute Gasteiger partial charge is 0.227 e. The van der Waals surface area contributed by atoms with E-state index >= 15 is 0 Å². The number of methoxy groups -OCH3 is 1. The normalized spacial score (nSPS) is 19.8.